The lowest BCUT2D eigenvalue weighted by molar-refractivity contribution is 0.600. The van der Waals surface area contributed by atoms with Crippen LogP contribution in [0.4, 0.5) is 0 Å². The number of guanidine groups is 1. The van der Waals surface area contributed by atoms with Crippen molar-refractivity contribution in [2.24, 2.45) is 4.99 Å². The zero-order chi connectivity index (χ0) is 11.7. The molecule has 0 aliphatic rings. The molecule has 0 spiro atoms. The highest BCUT2D eigenvalue weighted by Crippen LogP contribution is 1.83. The Morgan fingerprint density at radius 3 is 2.25 bits per heavy atom. The minimum absolute atomic E-state index is 0. The average Bonchev–Trinajstić information content (AvgIpc) is 2.14. The van der Waals surface area contributed by atoms with Crippen molar-refractivity contribution in [2.75, 3.05) is 32.1 Å². The second-order valence-corrected chi connectivity index (χ2v) is 5.67. The second-order valence-electron chi connectivity index (χ2n) is 3.41. The molecule has 0 rings (SSSR count). The number of nitrogens with zero attached hydrogens (tertiary/aromatic N) is 1. The van der Waals surface area contributed by atoms with Crippen molar-refractivity contribution in [3.63, 3.8) is 0 Å². The van der Waals surface area contributed by atoms with Crippen LogP contribution >= 0.6 is 24.0 Å². The Bertz CT molecular complexity index is 291. The van der Waals surface area contributed by atoms with E-state index in [0.29, 0.717) is 12.5 Å². The van der Waals surface area contributed by atoms with Gasteiger partial charge in [0.2, 0.25) is 0 Å². The quantitative estimate of drug-likeness (QED) is 0.314. The summed E-state index contributed by atoms with van der Waals surface area (Å²) in [5.41, 5.74) is 0. The van der Waals surface area contributed by atoms with Crippen molar-refractivity contribution >= 4 is 39.8 Å². The SMILES string of the molecule is CCCCNC(=NC)NCCS(C)(=O)=O.I. The van der Waals surface area contributed by atoms with Crippen LogP contribution in [0.2, 0.25) is 0 Å². The number of unbranched alkanes of at least 4 members (excludes halogenated alkanes) is 1. The standard InChI is InChI=1S/C9H21N3O2S.HI/c1-4-5-6-11-9(10-2)12-7-8-15(3,13)14;/h4-8H2,1-3H3,(H2,10,11,12);1H. The third-order valence-corrected chi connectivity index (χ3v) is 2.76. The van der Waals surface area contributed by atoms with Gasteiger partial charge in [-0.15, -0.1) is 24.0 Å². The van der Waals surface area contributed by atoms with E-state index in [1.807, 2.05) is 0 Å². The summed E-state index contributed by atoms with van der Waals surface area (Å²) >= 11 is 0. The van der Waals surface area contributed by atoms with E-state index in [9.17, 15) is 8.42 Å². The largest absolute Gasteiger partial charge is 0.356 e. The normalized spacial score (nSPS) is 11.8. The maximum atomic E-state index is 10.9. The fraction of sp³-hybridized carbons (Fsp3) is 0.889. The predicted molar refractivity (Wildman–Crippen MR) is 79.4 cm³/mol. The summed E-state index contributed by atoms with van der Waals surface area (Å²) in [4.78, 5) is 3.98. The first-order valence-electron chi connectivity index (χ1n) is 5.12. The second kappa shape index (κ2) is 10.1. The lowest BCUT2D eigenvalue weighted by Gasteiger charge is -2.10. The first-order chi connectivity index (χ1) is 6.99. The lowest BCUT2D eigenvalue weighted by atomic mass is 10.3. The van der Waals surface area contributed by atoms with E-state index < -0.39 is 9.84 Å². The first kappa shape index (κ1) is 18.3. The van der Waals surface area contributed by atoms with E-state index in [4.69, 9.17) is 0 Å². The van der Waals surface area contributed by atoms with Gasteiger partial charge in [-0.25, -0.2) is 8.42 Å². The third-order valence-electron chi connectivity index (χ3n) is 1.81. The van der Waals surface area contributed by atoms with Gasteiger partial charge in [0.15, 0.2) is 5.96 Å². The molecule has 2 N–H and O–H groups in total. The fourth-order valence-corrected chi connectivity index (χ4v) is 1.43. The summed E-state index contributed by atoms with van der Waals surface area (Å²) in [6, 6.07) is 0. The molecule has 0 saturated carbocycles. The Morgan fingerprint density at radius 1 is 1.25 bits per heavy atom. The zero-order valence-corrected chi connectivity index (χ0v) is 13.3. The van der Waals surface area contributed by atoms with Crippen LogP contribution in [0.3, 0.4) is 0 Å². The minimum atomic E-state index is -2.90. The molecule has 0 atom stereocenters. The first-order valence-corrected chi connectivity index (χ1v) is 7.18. The van der Waals surface area contributed by atoms with Gasteiger partial charge in [-0.05, 0) is 6.42 Å². The highest BCUT2D eigenvalue weighted by Gasteiger charge is 2.02. The van der Waals surface area contributed by atoms with Crippen LogP contribution in [0.25, 0.3) is 0 Å². The Kier molecular flexibility index (Phi) is 11.6. The van der Waals surface area contributed by atoms with Gasteiger partial charge in [0.25, 0.3) is 0 Å². The van der Waals surface area contributed by atoms with Crippen molar-refractivity contribution in [1.82, 2.24) is 10.6 Å². The van der Waals surface area contributed by atoms with Gasteiger partial charge in [-0.1, -0.05) is 13.3 Å². The molecule has 0 unspecified atom stereocenters. The highest BCUT2D eigenvalue weighted by atomic mass is 127. The number of hydrogen-bond acceptors (Lipinski definition) is 3. The number of hydrogen-bond donors (Lipinski definition) is 2. The van der Waals surface area contributed by atoms with Crippen molar-refractivity contribution in [3.05, 3.63) is 0 Å². The van der Waals surface area contributed by atoms with Crippen molar-refractivity contribution < 1.29 is 8.42 Å². The molecule has 0 aliphatic carbocycles. The van der Waals surface area contributed by atoms with Crippen LogP contribution in [0.1, 0.15) is 19.8 Å². The van der Waals surface area contributed by atoms with E-state index >= 15 is 0 Å². The molecule has 0 aromatic heterocycles. The molecule has 0 aromatic carbocycles. The van der Waals surface area contributed by atoms with Crippen molar-refractivity contribution in [2.45, 2.75) is 19.8 Å². The minimum Gasteiger partial charge on any atom is -0.356 e. The summed E-state index contributed by atoms with van der Waals surface area (Å²) in [6.07, 6.45) is 3.42. The van der Waals surface area contributed by atoms with E-state index in [1.54, 1.807) is 7.05 Å². The molecule has 7 heteroatoms. The van der Waals surface area contributed by atoms with Gasteiger partial charge in [0.05, 0.1) is 5.75 Å². The van der Waals surface area contributed by atoms with Gasteiger partial charge < -0.3 is 10.6 Å². The third kappa shape index (κ3) is 12.0. The summed E-state index contributed by atoms with van der Waals surface area (Å²) in [5.74, 6) is 0.786. The molecule has 0 saturated heterocycles. The van der Waals surface area contributed by atoms with Crippen molar-refractivity contribution in [1.29, 1.82) is 0 Å². The smallest absolute Gasteiger partial charge is 0.191 e. The molecule has 0 radical (unpaired) electrons. The molecule has 0 aliphatic heterocycles. The molecule has 98 valence electrons. The van der Waals surface area contributed by atoms with Gasteiger partial charge in [0, 0.05) is 26.4 Å². The number of sulfone groups is 1. The van der Waals surface area contributed by atoms with E-state index in [2.05, 4.69) is 22.5 Å². The maximum absolute atomic E-state index is 10.9. The topological polar surface area (TPSA) is 70.6 Å². The van der Waals surface area contributed by atoms with Crippen molar-refractivity contribution in [3.8, 4) is 0 Å². The van der Waals surface area contributed by atoms with Gasteiger partial charge in [0.1, 0.15) is 9.84 Å². The Labute approximate surface area is 115 Å². The monoisotopic (exact) mass is 363 g/mol. The van der Waals surface area contributed by atoms with E-state index in [1.165, 1.54) is 6.26 Å². The molecule has 16 heavy (non-hydrogen) atoms. The van der Waals surface area contributed by atoms with E-state index in [0.717, 1.165) is 19.4 Å². The van der Waals surface area contributed by atoms with Gasteiger partial charge >= 0.3 is 0 Å². The Balaban J connectivity index is 0. The molecular formula is C9H22IN3O2S. The molecule has 0 aromatic rings. The van der Waals surface area contributed by atoms with E-state index in [-0.39, 0.29) is 29.7 Å². The van der Waals surface area contributed by atoms with Gasteiger partial charge in [-0.3, -0.25) is 4.99 Å². The van der Waals surface area contributed by atoms with Crippen LogP contribution in [0, 0.1) is 0 Å². The maximum Gasteiger partial charge on any atom is 0.191 e. The zero-order valence-electron chi connectivity index (χ0n) is 10.1. The van der Waals surface area contributed by atoms with Crippen LogP contribution in [0.15, 0.2) is 4.99 Å². The Morgan fingerprint density at radius 2 is 1.81 bits per heavy atom. The molecule has 0 heterocycles. The summed E-state index contributed by atoms with van der Waals surface area (Å²) in [7, 11) is -1.23. The van der Waals surface area contributed by atoms with Crippen LogP contribution in [-0.4, -0.2) is 46.5 Å². The number of nitrogens with one attached hydrogen (secondary N) is 2. The fourth-order valence-electron chi connectivity index (χ4n) is 0.959. The summed E-state index contributed by atoms with van der Waals surface area (Å²) < 4.78 is 21.7. The number of rotatable bonds is 6. The van der Waals surface area contributed by atoms with Gasteiger partial charge in [-0.2, -0.15) is 0 Å². The molecule has 5 nitrogen and oxygen atoms in total. The predicted octanol–water partition coefficient (Wildman–Crippen LogP) is 0.614. The van der Waals surface area contributed by atoms with Crippen LogP contribution < -0.4 is 10.6 Å². The highest BCUT2D eigenvalue weighted by molar-refractivity contribution is 14.0. The molecule has 0 fully saturated rings. The molecule has 0 bridgehead atoms. The Hall–Kier alpha value is -0.0500. The number of halogens is 1. The number of aliphatic imine (C=N–C) groups is 1. The molecule has 0 amide bonds. The molecular weight excluding hydrogens is 341 g/mol. The summed E-state index contributed by atoms with van der Waals surface area (Å²) in [6.45, 7) is 3.36. The average molecular weight is 363 g/mol. The van der Waals surface area contributed by atoms with Crippen LogP contribution in [0.5, 0.6) is 0 Å². The summed E-state index contributed by atoms with van der Waals surface area (Å²) in [5, 5.41) is 6.05. The lowest BCUT2D eigenvalue weighted by Crippen LogP contribution is -2.39. The van der Waals surface area contributed by atoms with Crippen LogP contribution in [-0.2, 0) is 9.84 Å².